The Balaban J connectivity index is 1.74. The van der Waals surface area contributed by atoms with Crippen LogP contribution in [0.15, 0.2) is 17.5 Å². The number of carbonyl (C=O) groups is 1. The van der Waals surface area contributed by atoms with Crippen molar-refractivity contribution in [1.82, 2.24) is 20.4 Å². The fourth-order valence-electron chi connectivity index (χ4n) is 2.65. The van der Waals surface area contributed by atoms with Crippen molar-refractivity contribution in [3.05, 3.63) is 22.4 Å². The van der Waals surface area contributed by atoms with Gasteiger partial charge in [-0.25, -0.2) is 4.79 Å². The topological polar surface area (TPSA) is 47.6 Å². The van der Waals surface area contributed by atoms with Crippen LogP contribution in [0.4, 0.5) is 4.79 Å². The minimum absolute atomic E-state index is 0.0344. The summed E-state index contributed by atoms with van der Waals surface area (Å²) in [5.41, 5.74) is -0.0344. The van der Waals surface area contributed by atoms with Crippen molar-refractivity contribution in [3.63, 3.8) is 0 Å². The van der Waals surface area contributed by atoms with Gasteiger partial charge in [-0.05, 0) is 25.5 Å². The molecule has 5 nitrogen and oxygen atoms in total. The Morgan fingerprint density at radius 3 is 2.82 bits per heavy atom. The number of hydrogen-bond acceptors (Lipinski definition) is 4. The highest BCUT2D eigenvalue weighted by molar-refractivity contribution is 7.10. The molecule has 1 atom stereocenters. The highest BCUT2D eigenvalue weighted by Crippen LogP contribution is 2.26. The Morgan fingerprint density at radius 1 is 1.36 bits per heavy atom. The molecule has 0 radical (unpaired) electrons. The molecule has 0 unspecified atom stereocenters. The van der Waals surface area contributed by atoms with Crippen molar-refractivity contribution >= 4 is 17.4 Å². The average molecular weight is 324 g/mol. The quantitative estimate of drug-likeness (QED) is 0.864. The van der Waals surface area contributed by atoms with Crippen molar-refractivity contribution in [3.8, 4) is 0 Å². The van der Waals surface area contributed by atoms with Gasteiger partial charge >= 0.3 is 6.03 Å². The largest absolute Gasteiger partial charge is 0.337 e. The van der Waals surface area contributed by atoms with Crippen LogP contribution in [0.1, 0.15) is 18.7 Å². The number of carbonyl (C=O) groups excluding carboxylic acids is 1. The van der Waals surface area contributed by atoms with Gasteiger partial charge in [0, 0.05) is 49.1 Å². The van der Waals surface area contributed by atoms with E-state index < -0.39 is 0 Å². The SMILES string of the molecule is CN1CCN(C)[C@H](CNC(=O)NCC(C)(C)c2cccs2)C1. The summed E-state index contributed by atoms with van der Waals surface area (Å²) < 4.78 is 0. The molecular weight excluding hydrogens is 296 g/mol. The van der Waals surface area contributed by atoms with Crippen LogP contribution in [-0.4, -0.2) is 68.7 Å². The third-order valence-corrected chi connectivity index (χ3v) is 5.59. The number of nitrogens with one attached hydrogen (secondary N) is 2. The molecule has 1 aromatic rings. The van der Waals surface area contributed by atoms with E-state index in [4.69, 9.17) is 0 Å². The van der Waals surface area contributed by atoms with Crippen molar-refractivity contribution in [1.29, 1.82) is 0 Å². The van der Waals surface area contributed by atoms with Gasteiger partial charge in [-0.2, -0.15) is 0 Å². The van der Waals surface area contributed by atoms with Gasteiger partial charge in [-0.15, -0.1) is 11.3 Å². The van der Waals surface area contributed by atoms with Crippen LogP contribution < -0.4 is 10.6 Å². The molecule has 124 valence electrons. The molecule has 0 saturated carbocycles. The third kappa shape index (κ3) is 4.69. The summed E-state index contributed by atoms with van der Waals surface area (Å²) in [6.45, 7) is 8.78. The number of nitrogens with zero attached hydrogens (tertiary/aromatic N) is 2. The highest BCUT2D eigenvalue weighted by Gasteiger charge is 2.24. The lowest BCUT2D eigenvalue weighted by Crippen LogP contribution is -2.55. The summed E-state index contributed by atoms with van der Waals surface area (Å²) in [4.78, 5) is 18.0. The summed E-state index contributed by atoms with van der Waals surface area (Å²) in [6, 6.07) is 4.48. The fourth-order valence-corrected chi connectivity index (χ4v) is 3.50. The van der Waals surface area contributed by atoms with Gasteiger partial charge in [-0.3, -0.25) is 4.90 Å². The van der Waals surface area contributed by atoms with E-state index in [1.54, 1.807) is 11.3 Å². The smallest absolute Gasteiger partial charge is 0.314 e. The Hall–Kier alpha value is -1.11. The third-order valence-electron chi connectivity index (χ3n) is 4.36. The number of hydrogen-bond donors (Lipinski definition) is 2. The predicted octanol–water partition coefficient (Wildman–Crippen LogP) is 1.57. The second kappa shape index (κ2) is 7.44. The lowest BCUT2D eigenvalue weighted by molar-refractivity contribution is 0.114. The molecule has 2 rings (SSSR count). The van der Waals surface area contributed by atoms with E-state index in [1.807, 2.05) is 0 Å². The second-order valence-electron chi connectivity index (χ2n) is 6.82. The first-order valence-corrected chi connectivity index (χ1v) is 8.71. The summed E-state index contributed by atoms with van der Waals surface area (Å²) in [7, 11) is 4.25. The van der Waals surface area contributed by atoms with Crippen LogP contribution in [0.5, 0.6) is 0 Å². The predicted molar refractivity (Wildman–Crippen MR) is 92.7 cm³/mol. The first-order valence-electron chi connectivity index (χ1n) is 7.83. The minimum atomic E-state index is -0.0775. The van der Waals surface area contributed by atoms with E-state index in [2.05, 4.69) is 65.9 Å². The molecular formula is C16H28N4OS. The second-order valence-corrected chi connectivity index (χ2v) is 7.77. The molecule has 0 bridgehead atoms. The van der Waals surface area contributed by atoms with E-state index in [-0.39, 0.29) is 11.4 Å². The molecule has 0 aliphatic carbocycles. The van der Waals surface area contributed by atoms with Crippen LogP contribution in [0, 0.1) is 0 Å². The molecule has 1 aliphatic heterocycles. The van der Waals surface area contributed by atoms with Crippen LogP contribution in [0.3, 0.4) is 0 Å². The van der Waals surface area contributed by atoms with Gasteiger partial charge in [0.15, 0.2) is 0 Å². The minimum Gasteiger partial charge on any atom is -0.337 e. The lowest BCUT2D eigenvalue weighted by atomic mass is 9.91. The Kier molecular flexibility index (Phi) is 5.83. The molecule has 1 fully saturated rings. The van der Waals surface area contributed by atoms with E-state index in [1.165, 1.54) is 4.88 Å². The van der Waals surface area contributed by atoms with Crippen molar-refractivity contribution < 1.29 is 4.79 Å². The molecule has 22 heavy (non-hydrogen) atoms. The summed E-state index contributed by atoms with van der Waals surface area (Å²) in [5, 5.41) is 8.08. The number of rotatable bonds is 5. The number of urea groups is 1. The van der Waals surface area contributed by atoms with E-state index in [9.17, 15) is 4.79 Å². The van der Waals surface area contributed by atoms with Crippen molar-refractivity contribution in [2.24, 2.45) is 0 Å². The van der Waals surface area contributed by atoms with E-state index in [0.717, 1.165) is 19.6 Å². The maximum Gasteiger partial charge on any atom is 0.314 e. The Labute approximate surface area is 137 Å². The zero-order valence-electron chi connectivity index (χ0n) is 14.1. The van der Waals surface area contributed by atoms with Gasteiger partial charge in [-0.1, -0.05) is 19.9 Å². The number of likely N-dealkylation sites (N-methyl/N-ethyl adjacent to an activating group) is 2. The van der Waals surface area contributed by atoms with E-state index in [0.29, 0.717) is 19.1 Å². The van der Waals surface area contributed by atoms with Crippen molar-refractivity contribution in [2.45, 2.75) is 25.3 Å². The number of thiophene rings is 1. The van der Waals surface area contributed by atoms with Gasteiger partial charge < -0.3 is 15.5 Å². The van der Waals surface area contributed by atoms with Crippen molar-refractivity contribution in [2.75, 3.05) is 46.8 Å². The maximum atomic E-state index is 12.0. The monoisotopic (exact) mass is 324 g/mol. The molecule has 2 N–H and O–H groups in total. The maximum absolute atomic E-state index is 12.0. The van der Waals surface area contributed by atoms with Gasteiger partial charge in [0.05, 0.1) is 0 Å². The summed E-state index contributed by atoms with van der Waals surface area (Å²) in [6.07, 6.45) is 0. The number of piperazine rings is 1. The summed E-state index contributed by atoms with van der Waals surface area (Å²) >= 11 is 1.73. The van der Waals surface area contributed by atoms with Crippen LogP contribution in [0.25, 0.3) is 0 Å². The Bertz CT molecular complexity index is 475. The van der Waals surface area contributed by atoms with E-state index >= 15 is 0 Å². The molecule has 6 heteroatoms. The first-order chi connectivity index (χ1) is 10.4. The molecule has 1 aromatic heterocycles. The Morgan fingerprint density at radius 2 is 2.14 bits per heavy atom. The lowest BCUT2D eigenvalue weighted by Gasteiger charge is -2.37. The molecule has 1 saturated heterocycles. The summed E-state index contributed by atoms with van der Waals surface area (Å²) in [5.74, 6) is 0. The molecule has 1 aliphatic rings. The normalized spacial score (nSPS) is 20.8. The number of amides is 2. The first kappa shape index (κ1) is 17.2. The standard InChI is InChI=1S/C16H28N4OS/c1-16(2,14-6-5-9-22-14)12-18-15(21)17-10-13-11-19(3)7-8-20(13)4/h5-6,9,13H,7-8,10-12H2,1-4H3,(H2,17,18,21)/t13-/m1/s1. The highest BCUT2D eigenvalue weighted by atomic mass is 32.1. The fraction of sp³-hybridized carbons (Fsp3) is 0.688. The van der Waals surface area contributed by atoms with Crippen LogP contribution >= 0.6 is 11.3 Å². The zero-order valence-corrected chi connectivity index (χ0v) is 14.9. The average Bonchev–Trinajstić information content (AvgIpc) is 3.01. The van der Waals surface area contributed by atoms with Crippen LogP contribution in [0.2, 0.25) is 0 Å². The molecule has 2 heterocycles. The molecule has 0 spiro atoms. The zero-order chi connectivity index (χ0) is 16.2. The van der Waals surface area contributed by atoms with Gasteiger partial charge in [0.2, 0.25) is 0 Å². The van der Waals surface area contributed by atoms with Gasteiger partial charge in [0.1, 0.15) is 0 Å². The molecule has 0 aromatic carbocycles. The molecule has 2 amide bonds. The van der Waals surface area contributed by atoms with Gasteiger partial charge in [0.25, 0.3) is 0 Å². The van der Waals surface area contributed by atoms with Crippen LogP contribution in [-0.2, 0) is 5.41 Å².